The lowest BCUT2D eigenvalue weighted by Gasteiger charge is -2.05. The highest BCUT2D eigenvalue weighted by Gasteiger charge is 2.05. The molecule has 3 heterocycles. The van der Waals surface area contributed by atoms with Crippen molar-refractivity contribution in [1.29, 1.82) is 0 Å². The van der Waals surface area contributed by atoms with E-state index in [4.69, 9.17) is 0 Å². The summed E-state index contributed by atoms with van der Waals surface area (Å²) >= 11 is 0. The molecule has 2 N–H and O–H groups in total. The van der Waals surface area contributed by atoms with Crippen LogP contribution in [-0.2, 0) is 13.6 Å². The minimum Gasteiger partial charge on any atom is -0.380 e. The van der Waals surface area contributed by atoms with Crippen molar-refractivity contribution >= 4 is 16.7 Å². The van der Waals surface area contributed by atoms with Crippen molar-refractivity contribution in [2.75, 3.05) is 5.32 Å². The normalized spacial score (nSPS) is 11.1. The van der Waals surface area contributed by atoms with Crippen molar-refractivity contribution in [1.82, 2.24) is 25.0 Å². The fourth-order valence-corrected chi connectivity index (χ4v) is 2.14. The molecule has 0 radical (unpaired) electrons. The van der Waals surface area contributed by atoms with Crippen molar-refractivity contribution in [2.45, 2.75) is 20.4 Å². The van der Waals surface area contributed by atoms with E-state index in [-0.39, 0.29) is 0 Å². The number of nitrogens with zero attached hydrogens (tertiary/aromatic N) is 4. The van der Waals surface area contributed by atoms with Crippen LogP contribution >= 0.6 is 0 Å². The minimum atomic E-state index is 0.740. The highest BCUT2D eigenvalue weighted by Crippen LogP contribution is 2.18. The van der Waals surface area contributed by atoms with E-state index in [1.807, 2.05) is 31.8 Å². The fourth-order valence-electron chi connectivity index (χ4n) is 2.14. The van der Waals surface area contributed by atoms with Gasteiger partial charge in [0.25, 0.3) is 0 Å². The third kappa shape index (κ3) is 2.16. The Labute approximate surface area is 110 Å². The first-order valence-corrected chi connectivity index (χ1v) is 6.17. The zero-order chi connectivity index (χ0) is 13.4. The van der Waals surface area contributed by atoms with Gasteiger partial charge in [-0.15, -0.1) is 0 Å². The topological polar surface area (TPSA) is 71.4 Å². The van der Waals surface area contributed by atoms with Gasteiger partial charge in [-0.2, -0.15) is 10.2 Å². The number of nitrogens with one attached hydrogen (secondary N) is 2. The first-order valence-electron chi connectivity index (χ1n) is 6.17. The van der Waals surface area contributed by atoms with Gasteiger partial charge in [0.2, 0.25) is 0 Å². The predicted octanol–water partition coefficient (Wildman–Crippen LogP) is 1.92. The SMILES string of the molecule is Cc1nn(C)cc1CNc1cnc2n[nH]c(C)c2c1. The van der Waals surface area contributed by atoms with E-state index in [2.05, 4.69) is 31.7 Å². The van der Waals surface area contributed by atoms with Crippen LogP contribution in [0, 0.1) is 13.8 Å². The smallest absolute Gasteiger partial charge is 0.181 e. The third-order valence-electron chi connectivity index (χ3n) is 3.20. The van der Waals surface area contributed by atoms with Gasteiger partial charge in [-0.25, -0.2) is 4.98 Å². The molecule has 3 aromatic heterocycles. The molecule has 0 unspecified atom stereocenters. The van der Waals surface area contributed by atoms with Crippen LogP contribution in [0.25, 0.3) is 11.0 Å². The van der Waals surface area contributed by atoms with Crippen LogP contribution in [0.2, 0.25) is 0 Å². The summed E-state index contributed by atoms with van der Waals surface area (Å²) in [4.78, 5) is 4.32. The van der Waals surface area contributed by atoms with Crippen LogP contribution < -0.4 is 5.32 Å². The molecule has 3 rings (SSSR count). The number of fused-ring (bicyclic) bond motifs is 1. The summed E-state index contributed by atoms with van der Waals surface area (Å²) in [5.74, 6) is 0. The molecule has 0 aliphatic carbocycles. The van der Waals surface area contributed by atoms with Crippen molar-refractivity contribution in [3.8, 4) is 0 Å². The second-order valence-electron chi connectivity index (χ2n) is 4.71. The fraction of sp³-hybridized carbons (Fsp3) is 0.308. The molecule has 0 atom stereocenters. The number of pyridine rings is 1. The molecule has 19 heavy (non-hydrogen) atoms. The lowest BCUT2D eigenvalue weighted by molar-refractivity contribution is 0.756. The zero-order valence-corrected chi connectivity index (χ0v) is 11.2. The molecule has 98 valence electrons. The lowest BCUT2D eigenvalue weighted by Crippen LogP contribution is -2.00. The van der Waals surface area contributed by atoms with Gasteiger partial charge < -0.3 is 5.32 Å². The van der Waals surface area contributed by atoms with Gasteiger partial charge in [0.1, 0.15) is 0 Å². The largest absolute Gasteiger partial charge is 0.380 e. The summed E-state index contributed by atoms with van der Waals surface area (Å²) in [7, 11) is 1.93. The summed E-state index contributed by atoms with van der Waals surface area (Å²) in [5.41, 5.74) is 5.00. The maximum atomic E-state index is 4.33. The van der Waals surface area contributed by atoms with Crippen LogP contribution in [0.1, 0.15) is 17.0 Å². The number of aryl methyl sites for hydroxylation is 3. The molecule has 0 bridgehead atoms. The lowest BCUT2D eigenvalue weighted by atomic mass is 10.2. The number of hydrogen-bond donors (Lipinski definition) is 2. The highest BCUT2D eigenvalue weighted by molar-refractivity contribution is 5.80. The van der Waals surface area contributed by atoms with Gasteiger partial charge >= 0.3 is 0 Å². The Morgan fingerprint density at radius 3 is 2.95 bits per heavy atom. The van der Waals surface area contributed by atoms with E-state index in [9.17, 15) is 0 Å². The van der Waals surface area contributed by atoms with Gasteiger partial charge in [-0.1, -0.05) is 0 Å². The molecule has 0 saturated heterocycles. The van der Waals surface area contributed by atoms with Crippen LogP contribution in [-0.4, -0.2) is 25.0 Å². The number of rotatable bonds is 3. The Hall–Kier alpha value is -2.37. The van der Waals surface area contributed by atoms with Gasteiger partial charge in [0.05, 0.1) is 17.6 Å². The van der Waals surface area contributed by atoms with Crippen molar-refractivity contribution in [3.05, 3.63) is 35.4 Å². The average molecular weight is 256 g/mol. The Morgan fingerprint density at radius 1 is 1.37 bits per heavy atom. The van der Waals surface area contributed by atoms with Crippen molar-refractivity contribution < 1.29 is 0 Å². The van der Waals surface area contributed by atoms with Crippen LogP contribution in [0.4, 0.5) is 5.69 Å². The molecule has 3 aromatic rings. The number of aromatic nitrogens is 5. The Morgan fingerprint density at radius 2 is 2.21 bits per heavy atom. The van der Waals surface area contributed by atoms with Crippen molar-refractivity contribution in [2.24, 2.45) is 7.05 Å². The summed E-state index contributed by atoms with van der Waals surface area (Å²) in [6, 6.07) is 2.06. The molecule has 0 aliphatic heterocycles. The average Bonchev–Trinajstić information content (AvgIpc) is 2.90. The maximum Gasteiger partial charge on any atom is 0.181 e. The Balaban J connectivity index is 1.81. The van der Waals surface area contributed by atoms with Gasteiger partial charge in [-0.05, 0) is 19.9 Å². The van der Waals surface area contributed by atoms with Crippen LogP contribution in [0.5, 0.6) is 0 Å². The third-order valence-corrected chi connectivity index (χ3v) is 3.20. The predicted molar refractivity (Wildman–Crippen MR) is 73.9 cm³/mol. The minimum absolute atomic E-state index is 0.740. The molecule has 0 fully saturated rings. The second kappa shape index (κ2) is 4.38. The van der Waals surface area contributed by atoms with E-state index in [1.165, 1.54) is 5.56 Å². The quantitative estimate of drug-likeness (QED) is 0.751. The molecular formula is C13H16N6. The van der Waals surface area contributed by atoms with Gasteiger partial charge in [-0.3, -0.25) is 9.78 Å². The molecule has 6 nitrogen and oxygen atoms in total. The van der Waals surface area contributed by atoms with E-state index in [0.29, 0.717) is 0 Å². The highest BCUT2D eigenvalue weighted by atomic mass is 15.3. The van der Waals surface area contributed by atoms with Crippen LogP contribution in [0.3, 0.4) is 0 Å². The number of anilines is 1. The monoisotopic (exact) mass is 256 g/mol. The Bertz CT molecular complexity index is 724. The van der Waals surface area contributed by atoms with Crippen molar-refractivity contribution in [3.63, 3.8) is 0 Å². The second-order valence-corrected chi connectivity index (χ2v) is 4.71. The van der Waals surface area contributed by atoms with E-state index >= 15 is 0 Å². The maximum absolute atomic E-state index is 4.33. The summed E-state index contributed by atoms with van der Waals surface area (Å²) in [6.45, 7) is 4.74. The molecule has 0 aliphatic rings. The standard InChI is InChI=1S/C13H16N6/c1-8-10(7-19(3)18-8)5-14-11-4-12-9(2)16-17-13(12)15-6-11/h4,6-7,14H,5H2,1-3H3,(H,15,16,17). The molecule has 0 spiro atoms. The summed E-state index contributed by atoms with van der Waals surface area (Å²) in [6.07, 6.45) is 3.83. The first kappa shape index (κ1) is 11.7. The Kier molecular flexibility index (Phi) is 2.70. The van der Waals surface area contributed by atoms with E-state index in [0.717, 1.165) is 34.7 Å². The first-order chi connectivity index (χ1) is 9.13. The van der Waals surface area contributed by atoms with Gasteiger partial charge in [0, 0.05) is 36.4 Å². The number of aromatic amines is 1. The molecule has 0 aromatic carbocycles. The number of hydrogen-bond acceptors (Lipinski definition) is 4. The molecule has 0 amide bonds. The summed E-state index contributed by atoms with van der Waals surface area (Å²) < 4.78 is 1.83. The van der Waals surface area contributed by atoms with Gasteiger partial charge in [0.15, 0.2) is 5.65 Å². The zero-order valence-electron chi connectivity index (χ0n) is 11.2. The van der Waals surface area contributed by atoms with E-state index in [1.54, 1.807) is 6.20 Å². The number of H-pyrrole nitrogens is 1. The summed E-state index contributed by atoms with van der Waals surface area (Å²) in [5, 5.41) is 15.8. The van der Waals surface area contributed by atoms with E-state index < -0.39 is 0 Å². The van der Waals surface area contributed by atoms with Crippen LogP contribution in [0.15, 0.2) is 18.5 Å². The molecular weight excluding hydrogens is 240 g/mol. The molecule has 6 heteroatoms. The molecule has 0 saturated carbocycles.